The topological polar surface area (TPSA) is 68.3 Å². The van der Waals surface area contributed by atoms with Crippen LogP contribution in [0.2, 0.25) is 0 Å². The van der Waals surface area contributed by atoms with Gasteiger partial charge in [0.15, 0.2) is 0 Å². The van der Waals surface area contributed by atoms with Crippen LogP contribution in [0, 0.1) is 5.82 Å². The fourth-order valence-corrected chi connectivity index (χ4v) is 2.87. The molecular weight excluding hydrogens is 331 g/mol. The fraction of sp³-hybridized carbons (Fsp3) is 0.353. The number of nitrogens with zero attached hydrogens (tertiary/aromatic N) is 1. The number of esters is 1. The molecule has 5 nitrogen and oxygen atoms in total. The number of nitrogens with one attached hydrogen (secondary N) is 1. The monoisotopic (exact) mass is 350 g/mol. The van der Waals surface area contributed by atoms with Crippen molar-refractivity contribution in [2.45, 2.75) is 26.2 Å². The van der Waals surface area contributed by atoms with Gasteiger partial charge in [0.05, 0.1) is 18.7 Å². The second-order valence-corrected chi connectivity index (χ2v) is 5.91. The summed E-state index contributed by atoms with van der Waals surface area (Å²) in [5.74, 6) is -0.825. The van der Waals surface area contributed by atoms with Crippen LogP contribution in [-0.2, 0) is 20.7 Å². The molecule has 0 unspecified atom stereocenters. The Bertz CT molecular complexity index is 685. The normalized spacial score (nSPS) is 10.4. The minimum atomic E-state index is -0.365. The Balaban J connectivity index is 1.74. The summed E-state index contributed by atoms with van der Waals surface area (Å²) in [6.45, 7) is 2.50. The van der Waals surface area contributed by atoms with Crippen LogP contribution in [-0.4, -0.2) is 30.0 Å². The zero-order valence-corrected chi connectivity index (χ0v) is 14.2. The minimum Gasteiger partial charge on any atom is -0.466 e. The first-order chi connectivity index (χ1) is 11.6. The first-order valence-electron chi connectivity index (χ1n) is 7.71. The average molecular weight is 350 g/mol. The van der Waals surface area contributed by atoms with Crippen LogP contribution in [0.15, 0.2) is 29.6 Å². The van der Waals surface area contributed by atoms with Crippen molar-refractivity contribution in [3.63, 3.8) is 0 Å². The molecule has 0 saturated heterocycles. The van der Waals surface area contributed by atoms with E-state index in [0.717, 1.165) is 16.3 Å². The van der Waals surface area contributed by atoms with Crippen LogP contribution in [0.1, 0.15) is 25.5 Å². The van der Waals surface area contributed by atoms with Crippen molar-refractivity contribution in [1.29, 1.82) is 0 Å². The Hall–Kier alpha value is -2.28. The lowest BCUT2D eigenvalue weighted by Crippen LogP contribution is -2.26. The molecular formula is C17H19FN2O3S. The number of thiazole rings is 1. The zero-order valence-electron chi connectivity index (χ0n) is 13.4. The number of ether oxygens (including phenoxy) is 1. The molecule has 0 aliphatic rings. The molecule has 1 aromatic carbocycles. The summed E-state index contributed by atoms with van der Waals surface area (Å²) in [7, 11) is 0. The third-order valence-electron chi connectivity index (χ3n) is 3.21. The maximum absolute atomic E-state index is 12.9. The standard InChI is InChI=1S/C17H19FN2O3S/c1-2-23-16(22)8-7-15(21)19-10-9-14-11-24-17(20-14)12-3-5-13(18)6-4-12/h3-6,11H,2,7-10H2,1H3,(H,19,21). The first kappa shape index (κ1) is 18.1. The molecule has 7 heteroatoms. The molecule has 0 atom stereocenters. The number of hydrogen-bond donors (Lipinski definition) is 1. The van der Waals surface area contributed by atoms with Crippen molar-refractivity contribution >= 4 is 23.2 Å². The van der Waals surface area contributed by atoms with E-state index >= 15 is 0 Å². The predicted octanol–water partition coefficient (Wildman–Crippen LogP) is 2.95. The van der Waals surface area contributed by atoms with Crippen LogP contribution in [0.3, 0.4) is 0 Å². The molecule has 0 aliphatic heterocycles. The van der Waals surface area contributed by atoms with E-state index in [1.807, 2.05) is 5.38 Å². The van der Waals surface area contributed by atoms with Gasteiger partial charge in [-0.2, -0.15) is 0 Å². The van der Waals surface area contributed by atoms with Crippen LogP contribution in [0.25, 0.3) is 10.6 Å². The smallest absolute Gasteiger partial charge is 0.306 e. The van der Waals surface area contributed by atoms with Crippen molar-refractivity contribution in [2.24, 2.45) is 0 Å². The molecule has 1 N–H and O–H groups in total. The lowest BCUT2D eigenvalue weighted by atomic mass is 10.2. The van der Waals surface area contributed by atoms with Gasteiger partial charge in [-0.15, -0.1) is 11.3 Å². The van der Waals surface area contributed by atoms with Gasteiger partial charge in [0, 0.05) is 30.3 Å². The lowest BCUT2D eigenvalue weighted by Gasteiger charge is -2.04. The van der Waals surface area contributed by atoms with Crippen LogP contribution in [0.4, 0.5) is 4.39 Å². The van der Waals surface area contributed by atoms with Crippen LogP contribution < -0.4 is 5.32 Å². The summed E-state index contributed by atoms with van der Waals surface area (Å²) < 4.78 is 17.7. The number of rotatable bonds is 8. The van der Waals surface area contributed by atoms with E-state index in [1.54, 1.807) is 19.1 Å². The molecule has 0 fully saturated rings. The van der Waals surface area contributed by atoms with Crippen molar-refractivity contribution in [1.82, 2.24) is 10.3 Å². The molecule has 0 bridgehead atoms. The number of carbonyl (C=O) groups excluding carboxylic acids is 2. The SMILES string of the molecule is CCOC(=O)CCC(=O)NCCc1csc(-c2ccc(F)cc2)n1. The quantitative estimate of drug-likeness (QED) is 0.743. The Morgan fingerprint density at radius 2 is 2.00 bits per heavy atom. The molecule has 2 aromatic rings. The summed E-state index contributed by atoms with van der Waals surface area (Å²) >= 11 is 1.48. The highest BCUT2D eigenvalue weighted by molar-refractivity contribution is 7.13. The highest BCUT2D eigenvalue weighted by atomic mass is 32.1. The van der Waals surface area contributed by atoms with Gasteiger partial charge in [0.1, 0.15) is 10.8 Å². The second-order valence-electron chi connectivity index (χ2n) is 5.06. The molecule has 128 valence electrons. The van der Waals surface area contributed by atoms with Crippen molar-refractivity contribution in [3.8, 4) is 10.6 Å². The van der Waals surface area contributed by atoms with Gasteiger partial charge in [0.2, 0.25) is 5.91 Å². The molecule has 1 aromatic heterocycles. The summed E-state index contributed by atoms with van der Waals surface area (Å²) in [5, 5.41) is 5.49. The van der Waals surface area contributed by atoms with E-state index < -0.39 is 0 Å². The molecule has 1 amide bonds. The Morgan fingerprint density at radius 3 is 2.71 bits per heavy atom. The van der Waals surface area contributed by atoms with E-state index in [-0.39, 0.29) is 30.5 Å². The van der Waals surface area contributed by atoms with E-state index in [4.69, 9.17) is 4.74 Å². The number of benzene rings is 1. The van der Waals surface area contributed by atoms with Crippen LogP contribution >= 0.6 is 11.3 Å². The molecule has 0 saturated carbocycles. The summed E-state index contributed by atoms with van der Waals surface area (Å²) in [4.78, 5) is 27.3. The van der Waals surface area contributed by atoms with Gasteiger partial charge in [-0.05, 0) is 31.2 Å². The molecule has 24 heavy (non-hydrogen) atoms. The van der Waals surface area contributed by atoms with Gasteiger partial charge in [-0.3, -0.25) is 9.59 Å². The number of carbonyl (C=O) groups is 2. The first-order valence-corrected chi connectivity index (χ1v) is 8.59. The lowest BCUT2D eigenvalue weighted by molar-refractivity contribution is -0.144. The van der Waals surface area contributed by atoms with Gasteiger partial charge in [-0.1, -0.05) is 0 Å². The van der Waals surface area contributed by atoms with E-state index in [1.165, 1.54) is 23.5 Å². The fourth-order valence-electron chi connectivity index (χ4n) is 2.01. The largest absolute Gasteiger partial charge is 0.466 e. The highest BCUT2D eigenvalue weighted by Crippen LogP contribution is 2.23. The summed E-state index contributed by atoms with van der Waals surface area (Å²) in [6.07, 6.45) is 0.810. The highest BCUT2D eigenvalue weighted by Gasteiger charge is 2.08. The number of halogens is 1. The number of amides is 1. The van der Waals surface area contributed by atoms with Crippen LogP contribution in [0.5, 0.6) is 0 Å². The Morgan fingerprint density at radius 1 is 1.25 bits per heavy atom. The summed E-state index contributed by atoms with van der Waals surface area (Å²) in [6, 6.07) is 6.19. The van der Waals surface area contributed by atoms with Gasteiger partial charge in [0.25, 0.3) is 0 Å². The Labute approximate surface area is 143 Å². The predicted molar refractivity (Wildman–Crippen MR) is 90.1 cm³/mol. The third kappa shape index (κ3) is 5.73. The van der Waals surface area contributed by atoms with E-state index in [9.17, 15) is 14.0 Å². The average Bonchev–Trinajstić information content (AvgIpc) is 3.03. The summed E-state index contributed by atoms with van der Waals surface area (Å²) in [5.41, 5.74) is 1.73. The second kappa shape index (κ2) is 9.12. The van der Waals surface area contributed by atoms with E-state index in [2.05, 4.69) is 10.3 Å². The third-order valence-corrected chi connectivity index (χ3v) is 4.15. The zero-order chi connectivity index (χ0) is 17.4. The van der Waals surface area contributed by atoms with Crippen molar-refractivity contribution in [3.05, 3.63) is 41.2 Å². The number of aromatic nitrogens is 1. The Kier molecular flexibility index (Phi) is 6.87. The van der Waals surface area contributed by atoms with Crippen molar-refractivity contribution < 1.29 is 18.7 Å². The van der Waals surface area contributed by atoms with Gasteiger partial charge < -0.3 is 10.1 Å². The van der Waals surface area contributed by atoms with Gasteiger partial charge >= 0.3 is 5.97 Å². The maximum Gasteiger partial charge on any atom is 0.306 e. The molecule has 0 radical (unpaired) electrons. The molecule has 0 spiro atoms. The number of hydrogen-bond acceptors (Lipinski definition) is 5. The molecule has 1 heterocycles. The van der Waals surface area contributed by atoms with E-state index in [0.29, 0.717) is 19.6 Å². The van der Waals surface area contributed by atoms with Gasteiger partial charge in [-0.25, -0.2) is 9.37 Å². The van der Waals surface area contributed by atoms with Crippen molar-refractivity contribution in [2.75, 3.05) is 13.2 Å². The molecule has 2 rings (SSSR count). The maximum atomic E-state index is 12.9. The minimum absolute atomic E-state index is 0.0884. The molecule has 0 aliphatic carbocycles.